The Balaban J connectivity index is 1.92. The molecule has 0 atom stereocenters. The maximum absolute atomic E-state index is 14.2. The van der Waals surface area contributed by atoms with Crippen LogP contribution in [0.15, 0.2) is 59.8 Å². The van der Waals surface area contributed by atoms with Gasteiger partial charge in [0.2, 0.25) is 0 Å². The lowest BCUT2D eigenvalue weighted by atomic mass is 10.1. The molecule has 0 radical (unpaired) electrons. The quantitative estimate of drug-likeness (QED) is 0.601. The van der Waals surface area contributed by atoms with E-state index < -0.39 is 0 Å². The lowest BCUT2D eigenvalue weighted by Crippen LogP contribution is -2.07. The molecule has 3 rings (SSSR count). The van der Waals surface area contributed by atoms with Gasteiger partial charge in [-0.25, -0.2) is 4.39 Å². The second-order valence-corrected chi connectivity index (χ2v) is 6.61. The van der Waals surface area contributed by atoms with Crippen molar-refractivity contribution in [3.8, 4) is 11.4 Å². The van der Waals surface area contributed by atoms with Crippen molar-refractivity contribution in [1.29, 1.82) is 0 Å². The first-order chi connectivity index (χ1) is 12.1. The normalized spacial score (nSPS) is 10.8. The van der Waals surface area contributed by atoms with Gasteiger partial charge in [0.1, 0.15) is 11.6 Å². The van der Waals surface area contributed by atoms with Crippen LogP contribution in [0.3, 0.4) is 0 Å². The topological polar surface area (TPSA) is 47.8 Å². The highest BCUT2D eigenvalue weighted by atomic mass is 32.2. The zero-order chi connectivity index (χ0) is 17.6. The minimum absolute atomic E-state index is 0.0649. The fraction of sp³-hybridized carbons (Fsp3) is 0.211. The van der Waals surface area contributed by atoms with E-state index in [9.17, 15) is 9.18 Å². The Morgan fingerprint density at radius 2 is 1.80 bits per heavy atom. The zero-order valence-electron chi connectivity index (χ0n) is 13.9. The van der Waals surface area contributed by atoms with Gasteiger partial charge in [0.15, 0.2) is 11.0 Å². The highest BCUT2D eigenvalue weighted by Crippen LogP contribution is 2.26. The summed E-state index contributed by atoms with van der Waals surface area (Å²) >= 11 is 1.33. The molecule has 1 aromatic heterocycles. The number of nitrogens with zero attached hydrogens (tertiary/aromatic N) is 3. The van der Waals surface area contributed by atoms with Gasteiger partial charge >= 0.3 is 0 Å². The first kappa shape index (κ1) is 17.4. The van der Waals surface area contributed by atoms with Gasteiger partial charge in [0.25, 0.3) is 0 Å². The molecule has 0 unspecified atom stereocenters. The number of aryl methyl sites for hydroxylation is 1. The predicted molar refractivity (Wildman–Crippen MR) is 97.0 cm³/mol. The fourth-order valence-electron chi connectivity index (χ4n) is 2.49. The van der Waals surface area contributed by atoms with E-state index in [-0.39, 0.29) is 11.6 Å². The molecule has 1 heterocycles. The van der Waals surface area contributed by atoms with Crippen LogP contribution in [0.5, 0.6) is 0 Å². The minimum Gasteiger partial charge on any atom is -0.302 e. The molecule has 3 aromatic rings. The molecule has 4 nitrogen and oxygen atoms in total. The number of hydrogen-bond acceptors (Lipinski definition) is 4. The number of halogens is 1. The van der Waals surface area contributed by atoms with Crippen LogP contribution >= 0.6 is 11.8 Å². The molecule has 0 aliphatic rings. The van der Waals surface area contributed by atoms with Crippen molar-refractivity contribution in [3.63, 3.8) is 0 Å². The standard InChI is InChI=1S/C19H18FN3OS/c1-14(24)13-25-19-22-21-18(16-9-5-6-10-17(16)20)23(19)12-11-15-7-3-2-4-8-15/h2-10H,11-13H2,1H3. The minimum atomic E-state index is -0.334. The van der Waals surface area contributed by atoms with E-state index in [1.807, 2.05) is 22.8 Å². The van der Waals surface area contributed by atoms with Crippen LogP contribution in [0.1, 0.15) is 12.5 Å². The molecule has 2 aromatic carbocycles. The largest absolute Gasteiger partial charge is 0.302 e. The summed E-state index contributed by atoms with van der Waals surface area (Å²) in [5.74, 6) is 0.537. The number of carbonyl (C=O) groups excluding carboxylic acids is 1. The van der Waals surface area contributed by atoms with Crippen LogP contribution in [-0.2, 0) is 17.8 Å². The number of aromatic nitrogens is 3. The molecule has 0 bridgehead atoms. The third-order valence-electron chi connectivity index (χ3n) is 3.70. The Hall–Kier alpha value is -2.47. The van der Waals surface area contributed by atoms with E-state index in [0.717, 1.165) is 6.42 Å². The van der Waals surface area contributed by atoms with Crippen LogP contribution in [0.25, 0.3) is 11.4 Å². The SMILES string of the molecule is CC(=O)CSc1nnc(-c2ccccc2F)n1CCc1ccccc1. The Labute approximate surface area is 150 Å². The molecule has 0 amide bonds. The molecule has 0 aliphatic carbocycles. The molecule has 0 saturated carbocycles. The van der Waals surface area contributed by atoms with Crippen LogP contribution in [0.4, 0.5) is 4.39 Å². The molecular formula is C19H18FN3OS. The van der Waals surface area contributed by atoms with E-state index >= 15 is 0 Å². The van der Waals surface area contributed by atoms with Crippen molar-refractivity contribution in [2.75, 3.05) is 5.75 Å². The maximum atomic E-state index is 14.2. The second-order valence-electron chi connectivity index (χ2n) is 5.66. The summed E-state index contributed by atoms with van der Waals surface area (Å²) in [6, 6.07) is 16.6. The van der Waals surface area contributed by atoms with Crippen LogP contribution in [0, 0.1) is 5.82 Å². The van der Waals surface area contributed by atoms with E-state index in [0.29, 0.717) is 28.8 Å². The van der Waals surface area contributed by atoms with Crippen LogP contribution in [-0.4, -0.2) is 26.3 Å². The van der Waals surface area contributed by atoms with Gasteiger partial charge in [-0.1, -0.05) is 54.2 Å². The van der Waals surface area contributed by atoms with Crippen molar-refractivity contribution in [2.45, 2.75) is 25.0 Å². The average molecular weight is 355 g/mol. The van der Waals surface area contributed by atoms with Crippen LogP contribution < -0.4 is 0 Å². The lowest BCUT2D eigenvalue weighted by molar-refractivity contribution is -0.114. The number of carbonyl (C=O) groups is 1. The molecule has 0 fully saturated rings. The van der Waals surface area contributed by atoms with E-state index in [2.05, 4.69) is 22.3 Å². The highest BCUT2D eigenvalue weighted by molar-refractivity contribution is 7.99. The number of ketones is 1. The number of hydrogen-bond donors (Lipinski definition) is 0. The summed E-state index contributed by atoms with van der Waals surface area (Å²) in [4.78, 5) is 11.3. The molecule has 6 heteroatoms. The lowest BCUT2D eigenvalue weighted by Gasteiger charge is -2.10. The number of benzene rings is 2. The zero-order valence-corrected chi connectivity index (χ0v) is 14.7. The first-order valence-electron chi connectivity index (χ1n) is 7.99. The molecule has 0 saturated heterocycles. The van der Waals surface area contributed by atoms with Gasteiger partial charge in [-0.2, -0.15) is 0 Å². The summed E-state index contributed by atoms with van der Waals surface area (Å²) in [5.41, 5.74) is 1.59. The summed E-state index contributed by atoms with van der Waals surface area (Å²) < 4.78 is 16.1. The maximum Gasteiger partial charge on any atom is 0.191 e. The third kappa shape index (κ3) is 4.33. The highest BCUT2D eigenvalue weighted by Gasteiger charge is 2.17. The van der Waals surface area contributed by atoms with Crippen molar-refractivity contribution in [3.05, 3.63) is 66.0 Å². The van der Waals surface area contributed by atoms with E-state index in [4.69, 9.17) is 0 Å². The summed E-state index contributed by atoms with van der Waals surface area (Å²) in [7, 11) is 0. The monoisotopic (exact) mass is 355 g/mol. The summed E-state index contributed by atoms with van der Waals surface area (Å²) in [6.45, 7) is 2.15. The van der Waals surface area contributed by atoms with Crippen LogP contribution in [0.2, 0.25) is 0 Å². The number of Topliss-reactive ketones (excluding diaryl/α,β-unsaturated/α-hetero) is 1. The van der Waals surface area contributed by atoms with Crippen molar-refractivity contribution < 1.29 is 9.18 Å². The van der Waals surface area contributed by atoms with Gasteiger partial charge in [0, 0.05) is 6.54 Å². The molecule has 0 N–H and O–H groups in total. The van der Waals surface area contributed by atoms with Crippen molar-refractivity contribution >= 4 is 17.5 Å². The molecule has 0 spiro atoms. The van der Waals surface area contributed by atoms with Gasteiger partial charge in [-0.3, -0.25) is 4.79 Å². The third-order valence-corrected chi connectivity index (χ3v) is 4.81. The van der Waals surface area contributed by atoms with Gasteiger partial charge in [0.05, 0.1) is 11.3 Å². The Morgan fingerprint density at radius 3 is 2.52 bits per heavy atom. The summed E-state index contributed by atoms with van der Waals surface area (Å²) in [6.07, 6.45) is 0.772. The number of rotatable bonds is 7. The second kappa shape index (κ2) is 8.07. The van der Waals surface area contributed by atoms with E-state index in [1.54, 1.807) is 18.2 Å². The molecule has 0 aliphatic heterocycles. The predicted octanol–water partition coefficient (Wildman–Crippen LogP) is 4.01. The summed E-state index contributed by atoms with van der Waals surface area (Å²) in [5, 5.41) is 8.98. The Kier molecular flexibility index (Phi) is 5.60. The Morgan fingerprint density at radius 1 is 1.08 bits per heavy atom. The number of thioether (sulfide) groups is 1. The molecule has 128 valence electrons. The van der Waals surface area contributed by atoms with Crippen molar-refractivity contribution in [2.24, 2.45) is 0 Å². The van der Waals surface area contributed by atoms with Gasteiger partial charge < -0.3 is 4.57 Å². The van der Waals surface area contributed by atoms with Crippen molar-refractivity contribution in [1.82, 2.24) is 14.8 Å². The first-order valence-corrected chi connectivity index (χ1v) is 8.98. The molecule has 25 heavy (non-hydrogen) atoms. The van der Waals surface area contributed by atoms with Gasteiger partial charge in [-0.15, -0.1) is 10.2 Å². The van der Waals surface area contributed by atoms with E-state index in [1.165, 1.54) is 30.3 Å². The smallest absolute Gasteiger partial charge is 0.191 e. The fourth-order valence-corrected chi connectivity index (χ4v) is 3.26. The molecular weight excluding hydrogens is 337 g/mol. The Bertz CT molecular complexity index is 864. The van der Waals surface area contributed by atoms with Gasteiger partial charge in [-0.05, 0) is 31.0 Å². The average Bonchev–Trinajstić information content (AvgIpc) is 3.02.